The first-order valence-electron chi connectivity index (χ1n) is 23.3. The number of thiophene rings is 1. The molecule has 6 rings (SSSR count). The number of methoxy groups -OCH3 is 6. The van der Waals surface area contributed by atoms with Gasteiger partial charge >= 0.3 is 0 Å². The maximum atomic E-state index is 4.58. The molecular formula is C52H108N4O8S3. The van der Waals surface area contributed by atoms with E-state index in [0.717, 1.165) is 39.6 Å². The van der Waals surface area contributed by atoms with E-state index in [-0.39, 0.29) is 0 Å². The fourth-order valence-corrected chi connectivity index (χ4v) is 2.56. The Morgan fingerprint density at radius 3 is 0.866 bits per heavy atom. The minimum absolute atomic E-state index is 0.819. The molecule has 0 aromatic carbocycles. The van der Waals surface area contributed by atoms with E-state index < -0.39 is 0 Å². The summed E-state index contributed by atoms with van der Waals surface area (Å²) < 4.78 is 42.1. The molecule has 402 valence electrons. The van der Waals surface area contributed by atoms with E-state index in [9.17, 15) is 0 Å². The van der Waals surface area contributed by atoms with Crippen molar-refractivity contribution in [2.75, 3.05) is 82.3 Å². The zero-order valence-corrected chi connectivity index (χ0v) is 50.1. The summed E-state index contributed by atoms with van der Waals surface area (Å²) >= 11 is 4.78. The van der Waals surface area contributed by atoms with Gasteiger partial charge in [-0.05, 0) is 94.2 Å². The van der Waals surface area contributed by atoms with Crippen molar-refractivity contribution in [3.05, 3.63) is 126 Å². The Morgan fingerprint density at radius 1 is 0.403 bits per heavy atom. The van der Waals surface area contributed by atoms with Gasteiger partial charge in [0.15, 0.2) is 6.39 Å². The molecule has 0 spiro atoms. The van der Waals surface area contributed by atoms with Crippen LogP contribution in [-0.4, -0.2) is 101 Å². The Morgan fingerprint density at radius 2 is 0.776 bits per heavy atom. The Bertz CT molecular complexity index is 875. The van der Waals surface area contributed by atoms with Crippen LogP contribution in [0, 0.1) is 0 Å². The summed E-state index contributed by atoms with van der Waals surface area (Å²) in [6, 6.07) is 13.6. The predicted molar refractivity (Wildman–Crippen MR) is 303 cm³/mol. The van der Waals surface area contributed by atoms with Crippen molar-refractivity contribution in [2.45, 2.75) is 125 Å². The van der Waals surface area contributed by atoms with Crippen molar-refractivity contribution in [1.29, 1.82) is 0 Å². The van der Waals surface area contributed by atoms with Crippen LogP contribution >= 0.6 is 34.2 Å². The highest BCUT2D eigenvalue weighted by Gasteiger charge is 1.68. The van der Waals surface area contributed by atoms with Gasteiger partial charge in [-0.25, -0.2) is 9.36 Å². The number of rotatable bonds is 6. The molecule has 6 aromatic heterocycles. The molecule has 0 bridgehead atoms. The molecule has 0 saturated carbocycles. The fourth-order valence-electron chi connectivity index (χ4n) is 1.40. The molecule has 6 heterocycles. The first-order chi connectivity index (χ1) is 32.9. The second kappa shape index (κ2) is 144. The summed E-state index contributed by atoms with van der Waals surface area (Å²) in [5.41, 5.74) is 1.79. The molecule has 0 saturated heterocycles. The maximum Gasteiger partial charge on any atom is 0.180 e. The fraction of sp³-hybridized carbons (Fsp3) is 0.596. The molecule has 0 aliphatic rings. The molecule has 0 radical (unpaired) electrons. The average molecular weight is 1010 g/mol. The third kappa shape index (κ3) is 192. The van der Waals surface area contributed by atoms with Crippen molar-refractivity contribution in [3.63, 3.8) is 0 Å². The smallest absolute Gasteiger partial charge is 0.180 e. The maximum absolute atomic E-state index is 4.58. The van der Waals surface area contributed by atoms with Crippen LogP contribution in [0.25, 0.3) is 0 Å². The highest BCUT2D eigenvalue weighted by Crippen LogP contribution is 1.91. The number of thiazole rings is 1. The Balaban J connectivity index is -0.0000000484. The first kappa shape index (κ1) is 93.5. The highest BCUT2D eigenvalue weighted by molar-refractivity contribution is 7.07. The Hall–Kier alpha value is -3.51. The molecule has 6 aromatic rings. The second-order valence-corrected chi connectivity index (χ2v) is 10.7. The third-order valence-electron chi connectivity index (χ3n) is 4.38. The summed E-state index contributed by atoms with van der Waals surface area (Å²) in [5.74, 6) is 0. The van der Waals surface area contributed by atoms with E-state index in [1.165, 1.54) is 24.2 Å². The van der Waals surface area contributed by atoms with Crippen LogP contribution < -0.4 is 0 Å². The molecular weight excluding hydrogens is 905 g/mol. The predicted octanol–water partition coefficient (Wildman–Crippen LogP) is 17.1. The molecule has 67 heavy (non-hydrogen) atoms. The summed E-state index contributed by atoms with van der Waals surface area (Å²) in [7, 11) is 12.1. The van der Waals surface area contributed by atoms with Crippen LogP contribution in [0.2, 0.25) is 0 Å². The summed E-state index contributed by atoms with van der Waals surface area (Å²) in [6.45, 7) is 40.7. The number of aryl methyl sites for hydroxylation is 1. The molecule has 0 unspecified atom stereocenters. The number of oxazole rings is 1. The van der Waals surface area contributed by atoms with E-state index in [1.54, 1.807) is 102 Å². The summed E-state index contributed by atoms with van der Waals surface area (Å²) in [4.78, 5) is 7.30. The van der Waals surface area contributed by atoms with E-state index in [2.05, 4.69) is 51.6 Å². The SMILES string of the molecule is CC.CC.CC.CC.CC.CC.CCOC.CCOC.CCOC.CCOC.CCOC.CCOC.Cn1cccc1.c1ccoc1.c1ccsc1.c1cnsc1.c1cocn1.c1cscn1. The lowest BCUT2D eigenvalue weighted by molar-refractivity contribution is 0.215. The van der Waals surface area contributed by atoms with E-state index >= 15 is 0 Å². The van der Waals surface area contributed by atoms with E-state index in [1.807, 2.05) is 213 Å². The van der Waals surface area contributed by atoms with Gasteiger partial charge in [-0.2, -0.15) is 11.3 Å². The van der Waals surface area contributed by atoms with Gasteiger partial charge in [0.1, 0.15) is 6.26 Å². The molecule has 0 atom stereocenters. The van der Waals surface area contributed by atoms with Crippen molar-refractivity contribution in [3.8, 4) is 0 Å². The number of ether oxygens (including phenoxy) is 6. The Labute approximate surface area is 428 Å². The van der Waals surface area contributed by atoms with Crippen LogP contribution in [-0.2, 0) is 35.5 Å². The number of hydrogen-bond acceptors (Lipinski definition) is 14. The summed E-state index contributed by atoms with van der Waals surface area (Å²) in [5, 5.41) is 7.94. The largest absolute Gasteiger partial charge is 0.473 e. The van der Waals surface area contributed by atoms with Gasteiger partial charge in [-0.3, -0.25) is 4.98 Å². The Kier molecular flexibility index (Phi) is 201. The number of nitrogens with zero attached hydrogens (tertiary/aromatic N) is 4. The third-order valence-corrected chi connectivity index (χ3v) is 6.05. The van der Waals surface area contributed by atoms with Crippen LogP contribution in [0.4, 0.5) is 0 Å². The zero-order valence-electron chi connectivity index (χ0n) is 47.6. The van der Waals surface area contributed by atoms with Gasteiger partial charge in [0.05, 0.1) is 24.2 Å². The second-order valence-electron chi connectivity index (χ2n) is 8.44. The lowest BCUT2D eigenvalue weighted by Crippen LogP contribution is -1.75. The summed E-state index contributed by atoms with van der Waals surface area (Å²) in [6.07, 6.45) is 15.3. The monoisotopic (exact) mass is 1010 g/mol. The van der Waals surface area contributed by atoms with Crippen molar-refractivity contribution in [2.24, 2.45) is 7.05 Å². The van der Waals surface area contributed by atoms with Gasteiger partial charge in [0.2, 0.25) is 0 Å². The van der Waals surface area contributed by atoms with Crippen molar-refractivity contribution >= 4 is 34.2 Å². The van der Waals surface area contributed by atoms with Gasteiger partial charge in [-0.15, -0.1) is 11.3 Å². The topological polar surface area (TPSA) is 125 Å². The first-order valence-corrected chi connectivity index (χ1v) is 26.0. The van der Waals surface area contributed by atoms with E-state index in [0.29, 0.717) is 0 Å². The van der Waals surface area contributed by atoms with E-state index in [4.69, 9.17) is 0 Å². The highest BCUT2D eigenvalue weighted by atomic mass is 32.1. The molecule has 0 aliphatic carbocycles. The van der Waals surface area contributed by atoms with Crippen molar-refractivity contribution < 1.29 is 37.3 Å². The van der Waals surface area contributed by atoms with Gasteiger partial charge in [-0.1, -0.05) is 95.2 Å². The van der Waals surface area contributed by atoms with Crippen molar-refractivity contribution in [1.82, 2.24) is 18.9 Å². The average Bonchev–Trinajstić information content (AvgIpc) is 4.28. The lowest BCUT2D eigenvalue weighted by Gasteiger charge is -1.79. The normalized spacial score (nSPS) is 7.00. The van der Waals surface area contributed by atoms with Crippen LogP contribution in [0.5, 0.6) is 0 Å². The number of furan rings is 1. The van der Waals surface area contributed by atoms with Crippen LogP contribution in [0.3, 0.4) is 0 Å². The molecule has 0 fully saturated rings. The van der Waals surface area contributed by atoms with Crippen LogP contribution in [0.15, 0.2) is 134 Å². The zero-order chi connectivity index (χ0) is 54.6. The molecule has 0 N–H and O–H groups in total. The minimum Gasteiger partial charge on any atom is -0.473 e. The number of aromatic nitrogens is 4. The molecule has 0 amide bonds. The lowest BCUT2D eigenvalue weighted by atomic mass is 10.7. The molecule has 0 aliphatic heterocycles. The standard InChI is InChI=1S/C5H7N.C4H4O.C4H4S.C3H3NO.2C3H3NS.6C3H8O.6C2H6/c1-6-4-2-3-5-6;2*1-2-4-5-3-1;2*1-2-5-3-4-1;1-2-4-5-3-1;6*1-3-4-2;6*1-2/h2-5H,1H3;2*1-4H;3*1-3H;6*3H2,1-2H3;6*1-2H3. The molecule has 12 nitrogen and oxygen atoms in total. The van der Waals surface area contributed by atoms with Gasteiger partial charge < -0.3 is 41.8 Å². The minimum atomic E-state index is 0.819. The quantitative estimate of drug-likeness (QED) is 0.158. The van der Waals surface area contributed by atoms with Gasteiger partial charge in [0.25, 0.3) is 0 Å². The van der Waals surface area contributed by atoms with Crippen LogP contribution in [0.1, 0.15) is 125 Å². The molecule has 15 heteroatoms. The number of hydrogen-bond donors (Lipinski definition) is 0. The van der Waals surface area contributed by atoms with Gasteiger partial charge in [0, 0.05) is 125 Å².